The molecular formula is C30H31NO5. The van der Waals surface area contributed by atoms with Gasteiger partial charge in [-0.15, -0.1) is 0 Å². The Morgan fingerprint density at radius 2 is 1.58 bits per heavy atom. The molecule has 6 heteroatoms. The second-order valence-corrected chi connectivity index (χ2v) is 9.93. The summed E-state index contributed by atoms with van der Waals surface area (Å²) in [6.45, 7) is 8.09. The van der Waals surface area contributed by atoms with Crippen LogP contribution in [-0.4, -0.2) is 34.4 Å². The van der Waals surface area contributed by atoms with E-state index in [1.54, 1.807) is 31.4 Å². The fourth-order valence-corrected chi connectivity index (χ4v) is 4.35. The average Bonchev–Trinajstić information content (AvgIpc) is 3.09. The van der Waals surface area contributed by atoms with E-state index < -0.39 is 17.7 Å². The molecule has 1 amide bonds. The first-order valence-electron chi connectivity index (χ1n) is 11.8. The van der Waals surface area contributed by atoms with E-state index in [1.165, 1.54) is 4.90 Å². The number of methoxy groups -OCH3 is 1. The molecule has 1 aliphatic rings. The first kappa shape index (κ1) is 25.0. The fourth-order valence-electron chi connectivity index (χ4n) is 4.35. The molecule has 6 nitrogen and oxygen atoms in total. The van der Waals surface area contributed by atoms with Crippen LogP contribution >= 0.6 is 0 Å². The van der Waals surface area contributed by atoms with E-state index in [9.17, 15) is 14.7 Å². The van der Waals surface area contributed by atoms with Gasteiger partial charge in [0.25, 0.3) is 11.7 Å². The fraction of sp³-hybridized carbons (Fsp3) is 0.267. The van der Waals surface area contributed by atoms with E-state index in [-0.39, 0.29) is 23.5 Å². The number of aliphatic hydroxyl groups excluding tert-OH is 1. The van der Waals surface area contributed by atoms with Gasteiger partial charge in [-0.05, 0) is 75.2 Å². The second-order valence-electron chi connectivity index (χ2n) is 9.93. The van der Waals surface area contributed by atoms with E-state index in [4.69, 9.17) is 9.47 Å². The summed E-state index contributed by atoms with van der Waals surface area (Å²) in [6.07, 6.45) is 0. The quantitative estimate of drug-likeness (QED) is 0.271. The Kier molecular flexibility index (Phi) is 6.88. The van der Waals surface area contributed by atoms with Crippen molar-refractivity contribution >= 4 is 17.4 Å². The summed E-state index contributed by atoms with van der Waals surface area (Å²) in [5.74, 6) is -0.211. The molecule has 3 aromatic carbocycles. The Morgan fingerprint density at radius 3 is 2.17 bits per heavy atom. The average molecular weight is 486 g/mol. The zero-order chi connectivity index (χ0) is 26.0. The van der Waals surface area contributed by atoms with Crippen molar-refractivity contribution in [2.75, 3.05) is 7.11 Å². The van der Waals surface area contributed by atoms with Gasteiger partial charge < -0.3 is 19.5 Å². The number of likely N-dealkylation sites (tertiary alicyclic amines) is 1. The minimum absolute atomic E-state index is 0.0726. The number of carbonyl (C=O) groups excluding carboxylic acids is 2. The molecule has 36 heavy (non-hydrogen) atoms. The Labute approximate surface area is 211 Å². The van der Waals surface area contributed by atoms with Gasteiger partial charge in [-0.25, -0.2) is 0 Å². The zero-order valence-corrected chi connectivity index (χ0v) is 21.2. The van der Waals surface area contributed by atoms with Crippen LogP contribution < -0.4 is 9.47 Å². The third kappa shape index (κ3) is 5.28. The molecule has 1 saturated heterocycles. The number of carbonyl (C=O) groups is 2. The molecule has 1 unspecified atom stereocenters. The summed E-state index contributed by atoms with van der Waals surface area (Å²) in [6, 6.07) is 21.2. The highest BCUT2D eigenvalue weighted by Gasteiger charge is 2.46. The summed E-state index contributed by atoms with van der Waals surface area (Å²) < 4.78 is 11.1. The molecular weight excluding hydrogens is 454 g/mol. The number of aryl methyl sites for hydroxylation is 1. The highest BCUT2D eigenvalue weighted by atomic mass is 16.5. The first-order valence-corrected chi connectivity index (χ1v) is 11.8. The van der Waals surface area contributed by atoms with Crippen molar-refractivity contribution in [2.45, 2.75) is 45.9 Å². The van der Waals surface area contributed by atoms with Gasteiger partial charge in [-0.1, -0.05) is 42.0 Å². The number of hydrogen-bond donors (Lipinski definition) is 1. The normalized spacial score (nSPS) is 17.4. The van der Waals surface area contributed by atoms with Crippen molar-refractivity contribution < 1.29 is 24.2 Å². The maximum absolute atomic E-state index is 13.3. The summed E-state index contributed by atoms with van der Waals surface area (Å²) in [7, 11) is 1.56. The molecule has 0 bridgehead atoms. The van der Waals surface area contributed by atoms with Crippen LogP contribution in [0.25, 0.3) is 5.76 Å². The lowest BCUT2D eigenvalue weighted by Crippen LogP contribution is -2.29. The van der Waals surface area contributed by atoms with Gasteiger partial charge in [0, 0.05) is 12.1 Å². The molecule has 4 rings (SSSR count). The number of nitrogens with zero attached hydrogens (tertiary/aromatic N) is 1. The summed E-state index contributed by atoms with van der Waals surface area (Å²) in [4.78, 5) is 28.1. The van der Waals surface area contributed by atoms with Gasteiger partial charge in [0.15, 0.2) is 0 Å². The second kappa shape index (κ2) is 9.90. The molecule has 186 valence electrons. The molecule has 1 aliphatic heterocycles. The van der Waals surface area contributed by atoms with Gasteiger partial charge >= 0.3 is 0 Å². The Balaban J connectivity index is 1.75. The number of Topliss-reactive ketones (excluding diaryl/α,β-unsaturated/α-hetero) is 1. The third-order valence-electron chi connectivity index (χ3n) is 5.96. The lowest BCUT2D eigenvalue weighted by molar-refractivity contribution is -0.140. The largest absolute Gasteiger partial charge is 0.507 e. The minimum atomic E-state index is -0.725. The standard InChI is InChI=1S/C30H31NO5/c1-19-7-6-8-22(17-19)26-25(27(32)21-11-15-23(35-5)16-12-21)28(33)29(34)31(26)18-20-9-13-24(14-10-20)36-30(2,3)4/h6-17,26,32H,18H2,1-5H3/b27-25-. The molecule has 0 saturated carbocycles. The first-order chi connectivity index (χ1) is 17.1. The molecule has 0 spiro atoms. The third-order valence-corrected chi connectivity index (χ3v) is 5.96. The zero-order valence-electron chi connectivity index (χ0n) is 21.2. The summed E-state index contributed by atoms with van der Waals surface area (Å²) in [5.41, 5.74) is 2.79. The smallest absolute Gasteiger partial charge is 0.295 e. The summed E-state index contributed by atoms with van der Waals surface area (Å²) in [5, 5.41) is 11.2. The van der Waals surface area contributed by atoms with Crippen LogP contribution in [0.5, 0.6) is 11.5 Å². The van der Waals surface area contributed by atoms with Crippen molar-refractivity contribution in [1.82, 2.24) is 4.90 Å². The number of ketones is 1. The van der Waals surface area contributed by atoms with Crippen molar-refractivity contribution in [2.24, 2.45) is 0 Å². The van der Waals surface area contributed by atoms with E-state index in [1.807, 2.05) is 76.2 Å². The van der Waals surface area contributed by atoms with Gasteiger partial charge in [-0.2, -0.15) is 0 Å². The predicted molar refractivity (Wildman–Crippen MR) is 139 cm³/mol. The van der Waals surface area contributed by atoms with E-state index in [0.29, 0.717) is 11.3 Å². The monoisotopic (exact) mass is 485 g/mol. The molecule has 0 aromatic heterocycles. The predicted octanol–water partition coefficient (Wildman–Crippen LogP) is 5.80. The van der Waals surface area contributed by atoms with Crippen molar-refractivity contribution in [3.8, 4) is 11.5 Å². The van der Waals surface area contributed by atoms with E-state index >= 15 is 0 Å². The van der Waals surface area contributed by atoms with Crippen molar-refractivity contribution in [3.63, 3.8) is 0 Å². The Hall–Kier alpha value is -4.06. The number of amides is 1. The molecule has 1 heterocycles. The Morgan fingerprint density at radius 1 is 0.944 bits per heavy atom. The lowest BCUT2D eigenvalue weighted by atomic mass is 9.94. The van der Waals surface area contributed by atoms with Crippen LogP contribution in [0.15, 0.2) is 78.4 Å². The van der Waals surface area contributed by atoms with Crippen LogP contribution in [0.3, 0.4) is 0 Å². The van der Waals surface area contributed by atoms with Crippen LogP contribution in [-0.2, 0) is 16.1 Å². The summed E-state index contributed by atoms with van der Waals surface area (Å²) >= 11 is 0. The Bertz CT molecular complexity index is 1300. The van der Waals surface area contributed by atoms with Crippen molar-refractivity contribution in [3.05, 3.63) is 101 Å². The van der Waals surface area contributed by atoms with Crippen LogP contribution in [0.1, 0.15) is 49.1 Å². The molecule has 0 aliphatic carbocycles. The molecule has 1 N–H and O–H groups in total. The highest BCUT2D eigenvalue weighted by Crippen LogP contribution is 2.40. The van der Waals surface area contributed by atoms with E-state index in [0.717, 1.165) is 22.4 Å². The van der Waals surface area contributed by atoms with Gasteiger partial charge in [0.05, 0.1) is 18.7 Å². The highest BCUT2D eigenvalue weighted by molar-refractivity contribution is 6.46. The topological polar surface area (TPSA) is 76.1 Å². The van der Waals surface area contributed by atoms with Gasteiger partial charge in [0.2, 0.25) is 0 Å². The maximum atomic E-state index is 13.3. The van der Waals surface area contributed by atoms with Crippen LogP contribution in [0.2, 0.25) is 0 Å². The number of ether oxygens (including phenoxy) is 2. The number of benzene rings is 3. The SMILES string of the molecule is COc1ccc(/C(O)=C2/C(=O)C(=O)N(Cc3ccc(OC(C)(C)C)cc3)C2c2cccc(C)c2)cc1. The molecule has 0 radical (unpaired) electrons. The van der Waals surface area contributed by atoms with Gasteiger partial charge in [-0.3, -0.25) is 9.59 Å². The van der Waals surface area contributed by atoms with Crippen molar-refractivity contribution in [1.29, 1.82) is 0 Å². The number of rotatable bonds is 6. The van der Waals surface area contributed by atoms with Crippen LogP contribution in [0, 0.1) is 6.92 Å². The molecule has 1 atom stereocenters. The van der Waals surface area contributed by atoms with E-state index in [2.05, 4.69) is 0 Å². The number of aliphatic hydroxyl groups is 1. The minimum Gasteiger partial charge on any atom is -0.507 e. The molecule has 3 aromatic rings. The number of hydrogen-bond acceptors (Lipinski definition) is 5. The molecule has 1 fully saturated rings. The van der Waals surface area contributed by atoms with Gasteiger partial charge in [0.1, 0.15) is 22.9 Å². The lowest BCUT2D eigenvalue weighted by Gasteiger charge is -2.26. The van der Waals surface area contributed by atoms with Crippen LogP contribution in [0.4, 0.5) is 0 Å². The maximum Gasteiger partial charge on any atom is 0.295 e.